The molecule has 0 spiro atoms. The average Bonchev–Trinajstić information content (AvgIpc) is 2.96. The van der Waals surface area contributed by atoms with Gasteiger partial charge in [0.2, 0.25) is 0 Å². The Morgan fingerprint density at radius 2 is 1.66 bits per heavy atom. The van der Waals surface area contributed by atoms with Crippen molar-refractivity contribution in [2.45, 2.75) is 6.92 Å². The quantitative estimate of drug-likeness (QED) is 0.406. The van der Waals surface area contributed by atoms with Crippen LogP contribution in [0.3, 0.4) is 0 Å². The Balaban J connectivity index is 1.55. The molecular weight excluding hydrogens is 384 g/mol. The lowest BCUT2D eigenvalue weighted by Crippen LogP contribution is -2.29. The molecule has 0 radical (unpaired) electrons. The molecule has 2 amide bonds. The first-order chi connectivity index (χ1) is 14.0. The summed E-state index contributed by atoms with van der Waals surface area (Å²) in [5, 5.41) is 0.428. The molecule has 142 valence electrons. The second-order valence-corrected chi connectivity index (χ2v) is 7.09. The molecule has 0 aromatic heterocycles. The fraction of sp³-hybridized carbons (Fsp3) is 0.0417. The van der Waals surface area contributed by atoms with Crippen LogP contribution in [0.2, 0.25) is 5.02 Å². The van der Waals surface area contributed by atoms with Crippen molar-refractivity contribution >= 4 is 47.1 Å². The number of halogens is 1. The summed E-state index contributed by atoms with van der Waals surface area (Å²) in [5.41, 5.74) is 3.86. The van der Waals surface area contributed by atoms with Crippen molar-refractivity contribution in [3.05, 3.63) is 100 Å². The number of anilines is 1. The molecule has 0 bridgehead atoms. The molecule has 0 saturated heterocycles. The molecule has 1 heterocycles. The topological polar surface area (TPSA) is 49.7 Å². The SMILES string of the molecule is Cc1cc(N=C/C=C/c2ccccc2)ccc1N1C(=O)c2ccc(Cl)cc2C1=O. The number of imide groups is 1. The molecule has 0 fully saturated rings. The number of carbonyl (C=O) groups is 2. The standard InChI is InChI=1S/C24H17ClN2O2/c1-16-14-19(26-13-5-8-17-6-3-2-4-7-17)10-12-22(16)27-23(28)20-11-9-18(25)15-21(20)24(27)29/h2-15H,1H3/b8-5+,26-13?. The van der Waals surface area contributed by atoms with Crippen LogP contribution in [0.1, 0.15) is 31.8 Å². The van der Waals surface area contributed by atoms with E-state index in [1.165, 1.54) is 11.0 Å². The summed E-state index contributed by atoms with van der Waals surface area (Å²) in [4.78, 5) is 31.1. The highest BCUT2D eigenvalue weighted by molar-refractivity contribution is 6.36. The van der Waals surface area contributed by atoms with Crippen LogP contribution >= 0.6 is 11.6 Å². The summed E-state index contributed by atoms with van der Waals surface area (Å²) in [6, 6.07) is 20.1. The van der Waals surface area contributed by atoms with E-state index in [1.54, 1.807) is 30.5 Å². The average molecular weight is 401 g/mol. The predicted molar refractivity (Wildman–Crippen MR) is 117 cm³/mol. The fourth-order valence-corrected chi connectivity index (χ4v) is 3.42. The minimum Gasteiger partial charge on any atom is -0.268 e. The Labute approximate surface area is 173 Å². The van der Waals surface area contributed by atoms with Gasteiger partial charge in [0.25, 0.3) is 11.8 Å². The first-order valence-corrected chi connectivity index (χ1v) is 9.47. The summed E-state index contributed by atoms with van der Waals surface area (Å²) in [5.74, 6) is -0.704. The minimum atomic E-state index is -0.363. The minimum absolute atomic E-state index is 0.329. The monoisotopic (exact) mass is 400 g/mol. The molecule has 3 aromatic carbocycles. The van der Waals surface area contributed by atoms with Gasteiger partial charge in [-0.25, -0.2) is 4.90 Å². The first kappa shape index (κ1) is 18.8. The van der Waals surface area contributed by atoms with Crippen LogP contribution in [0, 0.1) is 6.92 Å². The molecule has 3 aromatic rings. The fourth-order valence-electron chi connectivity index (χ4n) is 3.25. The lowest BCUT2D eigenvalue weighted by atomic mass is 10.1. The zero-order valence-electron chi connectivity index (χ0n) is 15.7. The predicted octanol–water partition coefficient (Wildman–Crippen LogP) is 5.86. The first-order valence-electron chi connectivity index (χ1n) is 9.09. The number of allylic oxidation sites excluding steroid dienone is 1. The Morgan fingerprint density at radius 1 is 0.897 bits per heavy atom. The molecule has 0 atom stereocenters. The van der Waals surface area contributed by atoms with Gasteiger partial charge < -0.3 is 0 Å². The lowest BCUT2D eigenvalue weighted by Gasteiger charge is -2.16. The van der Waals surface area contributed by atoms with Gasteiger partial charge in [-0.15, -0.1) is 0 Å². The van der Waals surface area contributed by atoms with E-state index in [1.807, 2.05) is 55.5 Å². The number of rotatable bonds is 4. The number of carbonyl (C=O) groups excluding carboxylic acids is 2. The number of hydrogen-bond acceptors (Lipinski definition) is 3. The van der Waals surface area contributed by atoms with E-state index >= 15 is 0 Å². The number of hydrogen-bond donors (Lipinski definition) is 0. The Hall–Kier alpha value is -3.50. The second kappa shape index (κ2) is 7.86. The molecular formula is C24H17ClN2O2. The molecule has 0 aliphatic carbocycles. The van der Waals surface area contributed by atoms with Crippen molar-refractivity contribution in [3.8, 4) is 0 Å². The van der Waals surface area contributed by atoms with E-state index in [2.05, 4.69) is 4.99 Å². The number of benzene rings is 3. The van der Waals surface area contributed by atoms with Gasteiger partial charge in [-0.2, -0.15) is 0 Å². The maximum absolute atomic E-state index is 12.8. The lowest BCUT2D eigenvalue weighted by molar-refractivity contribution is 0.0926. The van der Waals surface area contributed by atoms with Gasteiger partial charge in [-0.3, -0.25) is 14.6 Å². The molecule has 0 unspecified atom stereocenters. The van der Waals surface area contributed by atoms with Gasteiger partial charge in [0, 0.05) is 11.2 Å². The van der Waals surface area contributed by atoms with Crippen molar-refractivity contribution in [2.75, 3.05) is 4.90 Å². The van der Waals surface area contributed by atoms with Gasteiger partial charge in [0.05, 0.1) is 22.5 Å². The van der Waals surface area contributed by atoms with Crippen molar-refractivity contribution in [2.24, 2.45) is 4.99 Å². The van der Waals surface area contributed by atoms with Crippen LogP contribution in [0.25, 0.3) is 6.08 Å². The summed E-state index contributed by atoms with van der Waals surface area (Å²) in [6.45, 7) is 1.85. The number of fused-ring (bicyclic) bond motifs is 1. The molecule has 1 aliphatic heterocycles. The van der Waals surface area contributed by atoms with Gasteiger partial charge in [0.1, 0.15) is 0 Å². The van der Waals surface area contributed by atoms with Crippen LogP contribution in [0.15, 0.2) is 77.8 Å². The smallest absolute Gasteiger partial charge is 0.266 e. The highest BCUT2D eigenvalue weighted by atomic mass is 35.5. The van der Waals surface area contributed by atoms with Gasteiger partial charge >= 0.3 is 0 Å². The number of amides is 2. The third-order valence-corrected chi connectivity index (χ3v) is 4.90. The van der Waals surface area contributed by atoms with Crippen molar-refractivity contribution < 1.29 is 9.59 Å². The Bertz CT molecular complexity index is 1170. The molecule has 0 N–H and O–H groups in total. The van der Waals surface area contributed by atoms with E-state index in [-0.39, 0.29) is 11.8 Å². The highest BCUT2D eigenvalue weighted by Crippen LogP contribution is 2.33. The van der Waals surface area contributed by atoms with Crippen LogP contribution in [0.5, 0.6) is 0 Å². The molecule has 1 aliphatic rings. The maximum Gasteiger partial charge on any atom is 0.266 e. The van der Waals surface area contributed by atoms with E-state index in [0.29, 0.717) is 21.8 Å². The van der Waals surface area contributed by atoms with Crippen molar-refractivity contribution in [3.63, 3.8) is 0 Å². The largest absolute Gasteiger partial charge is 0.268 e. The van der Waals surface area contributed by atoms with E-state index in [0.717, 1.165) is 16.8 Å². The third-order valence-electron chi connectivity index (χ3n) is 4.67. The molecule has 4 nitrogen and oxygen atoms in total. The van der Waals surface area contributed by atoms with Gasteiger partial charge in [0.15, 0.2) is 0 Å². The maximum atomic E-state index is 12.8. The zero-order valence-corrected chi connectivity index (χ0v) is 16.4. The van der Waals surface area contributed by atoms with Crippen LogP contribution in [-0.4, -0.2) is 18.0 Å². The Morgan fingerprint density at radius 3 is 2.41 bits per heavy atom. The molecule has 4 rings (SSSR count). The third kappa shape index (κ3) is 3.75. The molecule has 29 heavy (non-hydrogen) atoms. The van der Waals surface area contributed by atoms with Crippen LogP contribution in [-0.2, 0) is 0 Å². The van der Waals surface area contributed by atoms with Gasteiger partial charge in [-0.1, -0.05) is 48.0 Å². The molecule has 0 saturated carbocycles. The summed E-state index contributed by atoms with van der Waals surface area (Å²) < 4.78 is 0. The van der Waals surface area contributed by atoms with E-state index in [4.69, 9.17) is 11.6 Å². The summed E-state index contributed by atoms with van der Waals surface area (Å²) in [6.07, 6.45) is 5.55. The number of nitrogens with zero attached hydrogens (tertiary/aromatic N) is 2. The normalized spacial score (nSPS) is 13.7. The second-order valence-electron chi connectivity index (χ2n) is 6.65. The summed E-state index contributed by atoms with van der Waals surface area (Å²) >= 11 is 5.98. The highest BCUT2D eigenvalue weighted by Gasteiger charge is 2.37. The van der Waals surface area contributed by atoms with E-state index < -0.39 is 0 Å². The van der Waals surface area contributed by atoms with Gasteiger partial charge in [-0.05, 0) is 60.5 Å². The van der Waals surface area contributed by atoms with Crippen molar-refractivity contribution in [1.82, 2.24) is 0 Å². The number of aryl methyl sites for hydroxylation is 1. The molecule has 5 heteroatoms. The van der Waals surface area contributed by atoms with Crippen LogP contribution < -0.4 is 4.90 Å². The Kier molecular flexibility index (Phi) is 5.10. The van der Waals surface area contributed by atoms with E-state index in [9.17, 15) is 9.59 Å². The summed E-state index contributed by atoms with van der Waals surface area (Å²) in [7, 11) is 0. The number of aliphatic imine (C=N–C) groups is 1. The van der Waals surface area contributed by atoms with Crippen LogP contribution in [0.4, 0.5) is 11.4 Å². The zero-order chi connectivity index (χ0) is 20.4. The van der Waals surface area contributed by atoms with Crippen molar-refractivity contribution in [1.29, 1.82) is 0 Å².